The molecule has 122 valence electrons. The van der Waals surface area contributed by atoms with Crippen molar-refractivity contribution in [3.63, 3.8) is 0 Å². The first-order chi connectivity index (χ1) is 11.4. The summed E-state index contributed by atoms with van der Waals surface area (Å²) in [5.74, 6) is 0.663. The number of nitro benzene ring substituents is 1. The Kier molecular flexibility index (Phi) is 2.83. The Morgan fingerprint density at radius 1 is 1.17 bits per heavy atom. The van der Waals surface area contributed by atoms with Crippen molar-refractivity contribution in [2.45, 2.75) is 25.0 Å². The lowest BCUT2D eigenvalue weighted by Crippen LogP contribution is -2.58. The van der Waals surface area contributed by atoms with Gasteiger partial charge in [-0.15, -0.1) is 0 Å². The van der Waals surface area contributed by atoms with Crippen LogP contribution in [0.2, 0.25) is 0 Å². The maximum Gasteiger partial charge on any atom is 0.270 e. The zero-order chi connectivity index (χ0) is 17.1. The maximum absolute atomic E-state index is 11.0. The molecule has 0 aliphatic carbocycles. The van der Waals surface area contributed by atoms with Crippen molar-refractivity contribution in [1.29, 1.82) is 0 Å². The number of nitro groups is 1. The molecule has 4 rings (SSSR count). The quantitative estimate of drug-likeness (QED) is 0.585. The number of anilines is 1. The van der Waals surface area contributed by atoms with Crippen molar-refractivity contribution in [1.82, 2.24) is 0 Å². The highest BCUT2D eigenvalue weighted by molar-refractivity contribution is 5.72. The van der Waals surface area contributed by atoms with Gasteiger partial charge in [-0.25, -0.2) is 0 Å². The Bertz CT molecular complexity index is 888. The second-order valence-electron chi connectivity index (χ2n) is 6.81. The number of rotatable bonds is 1. The molecule has 2 aromatic carbocycles. The molecule has 0 saturated carbocycles. The van der Waals surface area contributed by atoms with E-state index in [1.807, 2.05) is 31.3 Å². The van der Waals surface area contributed by atoms with Crippen molar-refractivity contribution in [3.8, 4) is 5.75 Å². The number of non-ortho nitro benzene ring substituents is 1. The minimum atomic E-state index is -0.653. The van der Waals surface area contributed by atoms with Crippen LogP contribution in [0.25, 0.3) is 6.08 Å². The van der Waals surface area contributed by atoms with E-state index in [9.17, 15) is 10.1 Å². The second-order valence-corrected chi connectivity index (χ2v) is 6.81. The summed E-state index contributed by atoms with van der Waals surface area (Å²) in [7, 11) is 2.02. The normalized spacial score (nSPS) is 22.9. The Labute approximate surface area is 140 Å². The van der Waals surface area contributed by atoms with Gasteiger partial charge in [-0.1, -0.05) is 18.2 Å². The maximum atomic E-state index is 11.0. The molecule has 5 nitrogen and oxygen atoms in total. The third-order valence-electron chi connectivity index (χ3n) is 5.29. The minimum Gasteiger partial charge on any atom is -0.463 e. The summed E-state index contributed by atoms with van der Waals surface area (Å²) in [5, 5.41) is 11.0. The van der Waals surface area contributed by atoms with Crippen LogP contribution in [0.1, 0.15) is 25.0 Å². The first-order valence-electron chi connectivity index (χ1n) is 7.87. The third-order valence-corrected chi connectivity index (χ3v) is 5.29. The molecule has 0 aromatic heterocycles. The summed E-state index contributed by atoms with van der Waals surface area (Å²) in [6, 6.07) is 13.0. The number of ether oxygens (including phenoxy) is 1. The van der Waals surface area contributed by atoms with E-state index in [0.717, 1.165) is 11.3 Å². The molecule has 0 amide bonds. The lowest BCUT2D eigenvalue weighted by molar-refractivity contribution is -0.384. The summed E-state index contributed by atoms with van der Waals surface area (Å²) in [4.78, 5) is 12.7. The van der Waals surface area contributed by atoms with Crippen LogP contribution >= 0.6 is 0 Å². The van der Waals surface area contributed by atoms with Gasteiger partial charge in [0.15, 0.2) is 0 Å². The number of hydrogen-bond acceptors (Lipinski definition) is 4. The molecule has 2 aliphatic heterocycles. The monoisotopic (exact) mass is 322 g/mol. The molecule has 0 N–H and O–H groups in total. The topological polar surface area (TPSA) is 55.6 Å². The van der Waals surface area contributed by atoms with Crippen LogP contribution in [0.3, 0.4) is 0 Å². The number of nitrogens with zero attached hydrogens (tertiary/aromatic N) is 2. The van der Waals surface area contributed by atoms with Crippen molar-refractivity contribution in [3.05, 3.63) is 69.8 Å². The molecule has 2 aromatic rings. The summed E-state index contributed by atoms with van der Waals surface area (Å²) in [6.07, 6.45) is 3.94. The molecule has 24 heavy (non-hydrogen) atoms. The van der Waals surface area contributed by atoms with Gasteiger partial charge in [-0.3, -0.25) is 10.1 Å². The van der Waals surface area contributed by atoms with Crippen LogP contribution in [0.4, 0.5) is 11.4 Å². The van der Waals surface area contributed by atoms with Crippen LogP contribution in [-0.2, 0) is 5.41 Å². The summed E-state index contributed by atoms with van der Waals surface area (Å²) >= 11 is 0. The molecule has 5 heteroatoms. The fourth-order valence-corrected chi connectivity index (χ4v) is 3.88. The highest BCUT2D eigenvalue weighted by Gasteiger charge is 2.57. The number of benzene rings is 2. The van der Waals surface area contributed by atoms with E-state index in [4.69, 9.17) is 4.74 Å². The van der Waals surface area contributed by atoms with Gasteiger partial charge in [-0.2, -0.15) is 0 Å². The molecule has 1 atom stereocenters. The van der Waals surface area contributed by atoms with E-state index in [2.05, 4.69) is 30.9 Å². The Hall–Kier alpha value is -2.82. The molecule has 0 bridgehead atoms. The second kappa shape index (κ2) is 4.60. The van der Waals surface area contributed by atoms with Gasteiger partial charge in [0.25, 0.3) is 5.69 Å². The molecular formula is C19H18N2O3. The van der Waals surface area contributed by atoms with E-state index < -0.39 is 5.72 Å². The average molecular weight is 322 g/mol. The van der Waals surface area contributed by atoms with Gasteiger partial charge in [0.2, 0.25) is 5.72 Å². The Balaban J connectivity index is 1.84. The minimum absolute atomic E-state index is 0.0697. The first kappa shape index (κ1) is 14.8. The van der Waals surface area contributed by atoms with Crippen molar-refractivity contribution < 1.29 is 9.66 Å². The number of para-hydroxylation sites is 1. The lowest BCUT2D eigenvalue weighted by Gasteiger charge is -2.45. The zero-order valence-electron chi connectivity index (χ0n) is 13.8. The molecule has 0 radical (unpaired) electrons. The SMILES string of the molecule is CN1c2ccccc2C(C)(C)[C@@]12C=Cc1cc([N+](=O)[O-])ccc1O2. The van der Waals surface area contributed by atoms with Gasteiger partial charge in [0.1, 0.15) is 5.75 Å². The number of likely N-dealkylation sites (N-methyl/N-ethyl adjacent to an activating group) is 1. The van der Waals surface area contributed by atoms with Crippen LogP contribution in [0.15, 0.2) is 48.5 Å². The fraction of sp³-hybridized carbons (Fsp3) is 0.263. The predicted molar refractivity (Wildman–Crippen MR) is 93.4 cm³/mol. The zero-order valence-corrected chi connectivity index (χ0v) is 13.8. The highest BCUT2D eigenvalue weighted by atomic mass is 16.6. The molecule has 0 unspecified atom stereocenters. The molecule has 2 aliphatic rings. The van der Waals surface area contributed by atoms with E-state index >= 15 is 0 Å². The smallest absolute Gasteiger partial charge is 0.270 e. The van der Waals surface area contributed by atoms with Crippen molar-refractivity contribution >= 4 is 17.5 Å². The van der Waals surface area contributed by atoms with Crippen molar-refractivity contribution in [2.75, 3.05) is 11.9 Å². The van der Waals surface area contributed by atoms with E-state index in [1.165, 1.54) is 11.6 Å². The highest BCUT2D eigenvalue weighted by Crippen LogP contribution is 2.54. The molecule has 0 fully saturated rings. The average Bonchev–Trinajstić information content (AvgIpc) is 2.74. The summed E-state index contributed by atoms with van der Waals surface area (Å²) in [5.41, 5.74) is 2.24. The van der Waals surface area contributed by atoms with E-state index in [-0.39, 0.29) is 16.0 Å². The predicted octanol–water partition coefficient (Wildman–Crippen LogP) is 4.12. The van der Waals surface area contributed by atoms with Gasteiger partial charge < -0.3 is 9.64 Å². The van der Waals surface area contributed by atoms with Crippen LogP contribution in [0, 0.1) is 10.1 Å². The van der Waals surface area contributed by atoms with Crippen molar-refractivity contribution in [2.24, 2.45) is 0 Å². The van der Waals surface area contributed by atoms with Crippen LogP contribution in [-0.4, -0.2) is 17.7 Å². The van der Waals surface area contributed by atoms with Crippen LogP contribution < -0.4 is 9.64 Å². The van der Waals surface area contributed by atoms with Gasteiger partial charge in [-0.05, 0) is 43.7 Å². The van der Waals surface area contributed by atoms with Crippen LogP contribution in [0.5, 0.6) is 5.75 Å². The van der Waals surface area contributed by atoms with E-state index in [0.29, 0.717) is 5.75 Å². The Morgan fingerprint density at radius 2 is 1.92 bits per heavy atom. The molecular weight excluding hydrogens is 304 g/mol. The van der Waals surface area contributed by atoms with E-state index in [1.54, 1.807) is 12.1 Å². The standard InChI is InChI=1S/C19H18N2O3/c1-18(2)15-6-4-5-7-16(15)20(3)19(18)11-10-13-12-14(21(22)23)8-9-17(13)24-19/h4-12H,1-3H3/t19-/m0/s1. The van der Waals surface area contributed by atoms with Gasteiger partial charge in [0, 0.05) is 30.4 Å². The molecule has 0 saturated heterocycles. The number of fused-ring (bicyclic) bond motifs is 2. The Morgan fingerprint density at radius 3 is 2.62 bits per heavy atom. The molecule has 2 heterocycles. The number of hydrogen-bond donors (Lipinski definition) is 0. The first-order valence-corrected chi connectivity index (χ1v) is 7.87. The summed E-state index contributed by atoms with van der Waals surface area (Å²) < 4.78 is 6.44. The third kappa shape index (κ3) is 1.69. The molecule has 1 spiro atoms. The largest absolute Gasteiger partial charge is 0.463 e. The fourth-order valence-electron chi connectivity index (χ4n) is 3.88. The lowest BCUT2D eigenvalue weighted by atomic mass is 9.76. The van der Waals surface area contributed by atoms with Gasteiger partial charge >= 0.3 is 0 Å². The summed E-state index contributed by atoms with van der Waals surface area (Å²) in [6.45, 7) is 4.33. The van der Waals surface area contributed by atoms with Gasteiger partial charge in [0.05, 0.1) is 10.3 Å².